The van der Waals surface area contributed by atoms with Crippen LogP contribution in [0.1, 0.15) is 69.2 Å². The molecule has 0 saturated heterocycles. The Hall–Kier alpha value is -0.170. The third-order valence-corrected chi connectivity index (χ3v) is 15.4. The van der Waals surface area contributed by atoms with E-state index >= 15 is 0 Å². The molecule has 1 heteroatoms. The molecule has 1 atom stereocenters. The predicted molar refractivity (Wildman–Crippen MR) is 98.8 cm³/mol. The van der Waals surface area contributed by atoms with Crippen molar-refractivity contribution in [2.75, 3.05) is 0 Å². The van der Waals surface area contributed by atoms with E-state index in [9.17, 15) is 0 Å². The molecule has 1 aromatic rings. The third-order valence-electron chi connectivity index (χ3n) is 6.65. The predicted octanol–water partition coefficient (Wildman–Crippen LogP) is 6.57. The van der Waals surface area contributed by atoms with Crippen molar-refractivity contribution >= 4 is 6.08 Å². The number of rotatable bonds is 5. The van der Waals surface area contributed by atoms with E-state index in [0.29, 0.717) is 8.59 Å². The van der Waals surface area contributed by atoms with Crippen LogP contribution < -0.4 is 0 Å². The van der Waals surface area contributed by atoms with E-state index in [1.807, 2.05) is 0 Å². The van der Waals surface area contributed by atoms with Crippen molar-refractivity contribution in [1.82, 2.24) is 0 Å². The molecular weight excluding hydrogens is 443 g/mol. The van der Waals surface area contributed by atoms with Gasteiger partial charge in [0.1, 0.15) is 0 Å². The minimum atomic E-state index is -1.60. The Morgan fingerprint density at radius 3 is 2.17 bits per heavy atom. The fraction of sp³-hybridized carbons (Fsp3) is 0.636. The average molecular weight is 476 g/mol. The Morgan fingerprint density at radius 2 is 1.65 bits per heavy atom. The van der Waals surface area contributed by atoms with E-state index in [-0.39, 0.29) is 0 Å². The van der Waals surface area contributed by atoms with Gasteiger partial charge in [-0.2, -0.15) is 0 Å². The molecule has 0 aliphatic heterocycles. The maximum atomic E-state index is 2.65. The Morgan fingerprint density at radius 1 is 1.04 bits per heavy atom. The van der Waals surface area contributed by atoms with Crippen molar-refractivity contribution in [3.8, 4) is 0 Å². The van der Waals surface area contributed by atoms with Gasteiger partial charge in [0, 0.05) is 0 Å². The summed E-state index contributed by atoms with van der Waals surface area (Å²) in [6.45, 7) is 9.57. The van der Waals surface area contributed by atoms with Crippen molar-refractivity contribution in [2.24, 2.45) is 11.3 Å². The van der Waals surface area contributed by atoms with Crippen LogP contribution in [0.15, 0.2) is 18.2 Å². The van der Waals surface area contributed by atoms with Crippen LogP contribution in [0.4, 0.5) is 0 Å². The summed E-state index contributed by atoms with van der Waals surface area (Å²) < 4.78 is 5.69. The third kappa shape index (κ3) is 2.86. The van der Waals surface area contributed by atoms with Gasteiger partial charge in [0.15, 0.2) is 0 Å². The standard InChI is InChI=1S/C20H27.2CH3.Hf/c1-5-20(6-2)12-17-10-16-8-7-15(9-14(3)4)19(16)11-18(17)13-20;;;/h7-8,10-11,14H,5-6,9,12-13H2,1-4H3;2*1H3;. The number of allylic oxidation sites excluding steroid dienone is 1. The first-order valence-electron chi connectivity index (χ1n) is 9.52. The molecule has 3 rings (SSSR count). The fourth-order valence-electron chi connectivity index (χ4n) is 4.97. The van der Waals surface area contributed by atoms with Crippen LogP contribution in [0.3, 0.4) is 0 Å². The summed E-state index contributed by atoms with van der Waals surface area (Å²) in [7, 11) is 0. The normalized spacial score (nSPS) is 24.1. The van der Waals surface area contributed by atoms with Gasteiger partial charge in [-0.25, -0.2) is 0 Å². The molecule has 1 aromatic carbocycles. The zero-order chi connectivity index (χ0) is 16.8. The molecule has 0 radical (unpaired) electrons. The molecule has 0 bridgehead atoms. The molecule has 125 valence electrons. The zero-order valence-electron chi connectivity index (χ0n) is 15.9. The Bertz CT molecular complexity index is 619. The van der Waals surface area contributed by atoms with Crippen LogP contribution in [0, 0.1) is 11.3 Å². The summed E-state index contributed by atoms with van der Waals surface area (Å²) in [5.41, 5.74) is 7.13. The van der Waals surface area contributed by atoms with Crippen LogP contribution in [-0.2, 0) is 37.5 Å². The second-order valence-electron chi connectivity index (χ2n) is 8.67. The first-order valence-corrected chi connectivity index (χ1v) is 18.5. The second-order valence-corrected chi connectivity index (χ2v) is 19.1. The van der Waals surface area contributed by atoms with Crippen molar-refractivity contribution in [3.05, 3.63) is 40.5 Å². The summed E-state index contributed by atoms with van der Waals surface area (Å²) in [6, 6.07) is 5.21. The topological polar surface area (TPSA) is 0 Å². The molecule has 0 fully saturated rings. The molecule has 2 aliphatic carbocycles. The van der Waals surface area contributed by atoms with E-state index in [1.54, 1.807) is 22.3 Å². The summed E-state index contributed by atoms with van der Waals surface area (Å²) >= 11 is -1.60. The van der Waals surface area contributed by atoms with Gasteiger partial charge in [-0.3, -0.25) is 0 Å². The Kier molecular flexibility index (Phi) is 4.82. The van der Waals surface area contributed by atoms with Gasteiger partial charge in [-0.1, -0.05) is 0 Å². The second kappa shape index (κ2) is 6.28. The monoisotopic (exact) mass is 477 g/mol. The minimum absolute atomic E-state index is 0.465. The SMILES string of the molecule is CCC1(CC)Cc2cc3c(cc2C1)[C](CC(C)C)([Hf]([CH3])[CH3])C=C3. The van der Waals surface area contributed by atoms with Crippen molar-refractivity contribution in [1.29, 1.82) is 0 Å². The molecule has 0 saturated carbocycles. The quantitative estimate of drug-likeness (QED) is 0.422. The maximum absolute atomic E-state index is 2.65. The van der Waals surface area contributed by atoms with E-state index < -0.39 is 21.4 Å². The Labute approximate surface area is 151 Å². The number of hydrogen-bond acceptors (Lipinski definition) is 0. The molecule has 0 aromatic heterocycles. The Balaban J connectivity index is 2.05. The molecule has 0 heterocycles. The average Bonchev–Trinajstić information content (AvgIpc) is 3.04. The van der Waals surface area contributed by atoms with Gasteiger partial charge in [-0.05, 0) is 0 Å². The van der Waals surface area contributed by atoms with Crippen molar-refractivity contribution in [2.45, 2.75) is 72.3 Å². The first-order chi connectivity index (χ1) is 10.9. The van der Waals surface area contributed by atoms with E-state index in [4.69, 9.17) is 0 Å². The fourth-order valence-corrected chi connectivity index (χ4v) is 12.1. The van der Waals surface area contributed by atoms with Crippen LogP contribution in [-0.4, -0.2) is 0 Å². The van der Waals surface area contributed by atoms with Crippen LogP contribution >= 0.6 is 0 Å². The van der Waals surface area contributed by atoms with Gasteiger partial charge in [0.2, 0.25) is 0 Å². The van der Waals surface area contributed by atoms with Gasteiger partial charge >= 0.3 is 152 Å². The van der Waals surface area contributed by atoms with E-state index in [2.05, 4.69) is 61.3 Å². The molecule has 0 N–H and O–H groups in total. The van der Waals surface area contributed by atoms with Crippen LogP contribution in [0.5, 0.6) is 0 Å². The summed E-state index contributed by atoms with van der Waals surface area (Å²) in [5, 5.41) is 0. The molecule has 1 unspecified atom stereocenters. The summed E-state index contributed by atoms with van der Waals surface area (Å²) in [6.07, 6.45) is 11.7. The zero-order valence-corrected chi connectivity index (χ0v) is 19.5. The van der Waals surface area contributed by atoms with Gasteiger partial charge < -0.3 is 0 Å². The molecule has 0 amide bonds. The molecule has 0 nitrogen and oxygen atoms in total. The van der Waals surface area contributed by atoms with Gasteiger partial charge in [-0.15, -0.1) is 0 Å². The van der Waals surface area contributed by atoms with E-state index in [1.165, 1.54) is 32.1 Å². The molecule has 0 spiro atoms. The summed E-state index contributed by atoms with van der Waals surface area (Å²) in [5.74, 6) is 0.782. The number of benzene rings is 1. The first kappa shape index (κ1) is 17.6. The molecule has 23 heavy (non-hydrogen) atoms. The number of hydrogen-bond donors (Lipinski definition) is 0. The van der Waals surface area contributed by atoms with Crippen molar-refractivity contribution < 1.29 is 21.4 Å². The van der Waals surface area contributed by atoms with Crippen LogP contribution in [0.2, 0.25) is 9.36 Å². The van der Waals surface area contributed by atoms with Gasteiger partial charge in [0.05, 0.1) is 0 Å². The molecular formula is C22H33Hf. The number of fused-ring (bicyclic) bond motifs is 2. The van der Waals surface area contributed by atoms with Crippen molar-refractivity contribution in [3.63, 3.8) is 0 Å². The summed E-state index contributed by atoms with van der Waals surface area (Å²) in [4.78, 5) is 0. The van der Waals surface area contributed by atoms with Crippen LogP contribution in [0.25, 0.3) is 6.08 Å². The molecule has 2 aliphatic rings. The van der Waals surface area contributed by atoms with E-state index in [0.717, 1.165) is 5.92 Å². The van der Waals surface area contributed by atoms with Gasteiger partial charge in [0.25, 0.3) is 0 Å².